The van der Waals surface area contributed by atoms with E-state index in [1.165, 1.54) is 17.6 Å². The SMILES string of the molecule is COC(=O)c1ccc2nc(Cc3ccccc3SC)nn2c1. The summed E-state index contributed by atoms with van der Waals surface area (Å²) in [5.41, 5.74) is 2.36. The lowest BCUT2D eigenvalue weighted by Gasteiger charge is -2.03. The highest BCUT2D eigenvalue weighted by Crippen LogP contribution is 2.21. The summed E-state index contributed by atoms with van der Waals surface area (Å²) in [5, 5.41) is 4.45. The summed E-state index contributed by atoms with van der Waals surface area (Å²) in [7, 11) is 1.36. The van der Waals surface area contributed by atoms with Gasteiger partial charge in [0.2, 0.25) is 0 Å². The lowest BCUT2D eigenvalue weighted by molar-refractivity contribution is 0.0600. The predicted molar refractivity (Wildman–Crippen MR) is 85.4 cm³/mol. The van der Waals surface area contributed by atoms with Crippen LogP contribution in [0.4, 0.5) is 0 Å². The zero-order valence-corrected chi connectivity index (χ0v) is 13.1. The Bertz CT molecular complexity index is 829. The van der Waals surface area contributed by atoms with Gasteiger partial charge in [-0.3, -0.25) is 0 Å². The van der Waals surface area contributed by atoms with E-state index in [0.717, 1.165) is 5.82 Å². The molecule has 0 aliphatic rings. The van der Waals surface area contributed by atoms with Crippen molar-refractivity contribution in [3.8, 4) is 0 Å². The van der Waals surface area contributed by atoms with E-state index in [4.69, 9.17) is 4.74 Å². The lowest BCUT2D eigenvalue weighted by atomic mass is 10.1. The number of benzene rings is 1. The number of aromatic nitrogens is 3. The quantitative estimate of drug-likeness (QED) is 0.547. The van der Waals surface area contributed by atoms with Crippen molar-refractivity contribution >= 4 is 23.4 Å². The summed E-state index contributed by atoms with van der Waals surface area (Å²) in [4.78, 5) is 17.3. The predicted octanol–water partition coefficient (Wildman–Crippen LogP) is 2.83. The molecule has 0 spiro atoms. The summed E-state index contributed by atoms with van der Waals surface area (Å²) in [6, 6.07) is 11.7. The molecule has 0 aliphatic carbocycles. The third-order valence-corrected chi connectivity index (χ3v) is 4.18. The van der Waals surface area contributed by atoms with E-state index >= 15 is 0 Å². The van der Waals surface area contributed by atoms with Gasteiger partial charge in [0.25, 0.3) is 0 Å². The van der Waals surface area contributed by atoms with Crippen LogP contribution in [-0.4, -0.2) is 33.9 Å². The van der Waals surface area contributed by atoms with Crippen LogP contribution in [0.1, 0.15) is 21.7 Å². The molecule has 1 aromatic carbocycles. The first-order chi connectivity index (χ1) is 10.7. The van der Waals surface area contributed by atoms with E-state index in [0.29, 0.717) is 17.6 Å². The van der Waals surface area contributed by atoms with Gasteiger partial charge in [0.15, 0.2) is 11.5 Å². The summed E-state index contributed by atoms with van der Waals surface area (Å²) in [6.07, 6.45) is 4.35. The molecular formula is C16H15N3O2S. The van der Waals surface area contributed by atoms with Crippen molar-refractivity contribution < 1.29 is 9.53 Å². The zero-order valence-electron chi connectivity index (χ0n) is 12.3. The molecule has 0 radical (unpaired) electrons. The molecule has 2 heterocycles. The van der Waals surface area contributed by atoms with Gasteiger partial charge in [-0.15, -0.1) is 11.8 Å². The van der Waals surface area contributed by atoms with E-state index < -0.39 is 0 Å². The smallest absolute Gasteiger partial charge is 0.339 e. The Morgan fingerprint density at radius 1 is 1.27 bits per heavy atom. The molecule has 112 valence electrons. The number of methoxy groups -OCH3 is 1. The highest BCUT2D eigenvalue weighted by atomic mass is 32.2. The molecule has 6 heteroatoms. The summed E-state index contributed by atoms with van der Waals surface area (Å²) < 4.78 is 6.33. The molecule has 2 aromatic heterocycles. The van der Waals surface area contributed by atoms with Crippen LogP contribution < -0.4 is 0 Å². The Hall–Kier alpha value is -2.34. The minimum atomic E-state index is -0.383. The van der Waals surface area contributed by atoms with Gasteiger partial charge in [0, 0.05) is 17.5 Å². The molecule has 3 aromatic rings. The number of thioether (sulfide) groups is 1. The van der Waals surface area contributed by atoms with Crippen LogP contribution >= 0.6 is 11.8 Å². The molecule has 0 amide bonds. The normalized spacial score (nSPS) is 10.8. The Balaban J connectivity index is 1.93. The van der Waals surface area contributed by atoms with Gasteiger partial charge in [0.05, 0.1) is 12.7 Å². The summed E-state index contributed by atoms with van der Waals surface area (Å²) in [6.45, 7) is 0. The molecular weight excluding hydrogens is 298 g/mol. The van der Waals surface area contributed by atoms with Gasteiger partial charge in [-0.1, -0.05) is 18.2 Å². The fourth-order valence-corrected chi connectivity index (χ4v) is 2.88. The van der Waals surface area contributed by atoms with Crippen LogP contribution in [0.15, 0.2) is 47.5 Å². The van der Waals surface area contributed by atoms with Crippen molar-refractivity contribution in [1.82, 2.24) is 14.6 Å². The molecule has 22 heavy (non-hydrogen) atoms. The van der Waals surface area contributed by atoms with Gasteiger partial charge >= 0.3 is 5.97 Å². The first-order valence-electron chi connectivity index (χ1n) is 6.77. The van der Waals surface area contributed by atoms with Crippen LogP contribution in [-0.2, 0) is 11.2 Å². The molecule has 3 rings (SSSR count). The second-order valence-electron chi connectivity index (χ2n) is 4.73. The van der Waals surface area contributed by atoms with E-state index in [9.17, 15) is 4.79 Å². The number of esters is 1. The highest BCUT2D eigenvalue weighted by Gasteiger charge is 2.10. The maximum absolute atomic E-state index is 11.6. The minimum absolute atomic E-state index is 0.383. The van der Waals surface area contributed by atoms with Crippen molar-refractivity contribution in [2.45, 2.75) is 11.3 Å². The molecule has 0 bridgehead atoms. The molecule has 0 saturated carbocycles. The molecule has 0 aliphatic heterocycles. The first-order valence-corrected chi connectivity index (χ1v) is 7.99. The second-order valence-corrected chi connectivity index (χ2v) is 5.58. The first kappa shape index (κ1) is 14.6. The van der Waals surface area contributed by atoms with Crippen molar-refractivity contribution in [1.29, 1.82) is 0 Å². The number of rotatable bonds is 4. The standard InChI is InChI=1S/C16H15N3O2S/c1-21-16(20)12-7-8-15-17-14(18-19(15)10-12)9-11-5-3-4-6-13(11)22-2/h3-8,10H,9H2,1-2H3. The van der Waals surface area contributed by atoms with Crippen molar-refractivity contribution in [3.63, 3.8) is 0 Å². The lowest BCUT2D eigenvalue weighted by Crippen LogP contribution is -2.03. The second kappa shape index (κ2) is 6.19. The van der Waals surface area contributed by atoms with Crippen LogP contribution in [0, 0.1) is 0 Å². The number of fused-ring (bicyclic) bond motifs is 1. The third kappa shape index (κ3) is 2.82. The van der Waals surface area contributed by atoms with Crippen LogP contribution in [0.5, 0.6) is 0 Å². The number of ether oxygens (including phenoxy) is 1. The zero-order chi connectivity index (χ0) is 15.5. The van der Waals surface area contributed by atoms with Crippen molar-refractivity contribution in [3.05, 3.63) is 59.5 Å². The van der Waals surface area contributed by atoms with Crippen LogP contribution in [0.3, 0.4) is 0 Å². The summed E-state index contributed by atoms with van der Waals surface area (Å²) >= 11 is 1.71. The van der Waals surface area contributed by atoms with Crippen molar-refractivity contribution in [2.24, 2.45) is 0 Å². The van der Waals surface area contributed by atoms with Crippen LogP contribution in [0.2, 0.25) is 0 Å². The maximum atomic E-state index is 11.6. The van der Waals surface area contributed by atoms with E-state index in [-0.39, 0.29) is 5.97 Å². The fourth-order valence-electron chi connectivity index (χ4n) is 2.26. The number of carbonyl (C=O) groups is 1. The Kier molecular flexibility index (Phi) is 4.11. The van der Waals surface area contributed by atoms with E-state index in [1.54, 1.807) is 34.6 Å². The average Bonchev–Trinajstić information content (AvgIpc) is 2.95. The maximum Gasteiger partial charge on any atom is 0.339 e. The van der Waals surface area contributed by atoms with E-state index in [1.807, 2.05) is 12.1 Å². The molecule has 0 fully saturated rings. The topological polar surface area (TPSA) is 56.5 Å². The molecule has 0 unspecified atom stereocenters. The largest absolute Gasteiger partial charge is 0.465 e. The highest BCUT2D eigenvalue weighted by molar-refractivity contribution is 7.98. The Morgan fingerprint density at radius 2 is 2.09 bits per heavy atom. The van der Waals surface area contributed by atoms with Gasteiger partial charge < -0.3 is 4.74 Å². The third-order valence-electron chi connectivity index (χ3n) is 3.34. The van der Waals surface area contributed by atoms with E-state index in [2.05, 4.69) is 28.5 Å². The number of nitrogens with zero attached hydrogens (tertiary/aromatic N) is 3. The molecule has 0 N–H and O–H groups in total. The monoisotopic (exact) mass is 313 g/mol. The Morgan fingerprint density at radius 3 is 2.86 bits per heavy atom. The average molecular weight is 313 g/mol. The number of hydrogen-bond donors (Lipinski definition) is 0. The fraction of sp³-hybridized carbons (Fsp3) is 0.188. The number of pyridine rings is 1. The van der Waals surface area contributed by atoms with Gasteiger partial charge in [-0.05, 0) is 30.0 Å². The van der Waals surface area contributed by atoms with Gasteiger partial charge in [-0.2, -0.15) is 5.10 Å². The van der Waals surface area contributed by atoms with Crippen LogP contribution in [0.25, 0.3) is 5.65 Å². The molecule has 0 saturated heterocycles. The van der Waals surface area contributed by atoms with Gasteiger partial charge in [0.1, 0.15) is 0 Å². The molecule has 0 atom stereocenters. The number of hydrogen-bond acceptors (Lipinski definition) is 5. The summed E-state index contributed by atoms with van der Waals surface area (Å²) in [5.74, 6) is 0.343. The number of carbonyl (C=O) groups excluding carboxylic acids is 1. The molecule has 5 nitrogen and oxygen atoms in total. The Labute approximate surface area is 132 Å². The van der Waals surface area contributed by atoms with Crippen molar-refractivity contribution in [2.75, 3.05) is 13.4 Å². The van der Waals surface area contributed by atoms with Gasteiger partial charge in [-0.25, -0.2) is 14.3 Å². The minimum Gasteiger partial charge on any atom is -0.465 e.